The van der Waals surface area contributed by atoms with Crippen LogP contribution in [0.2, 0.25) is 0 Å². The smallest absolute Gasteiger partial charge is 0.0317 e. The Hall–Kier alpha value is -0.340. The fraction of sp³-hybridized carbons (Fsp3) is 0.538. The molecule has 0 saturated carbocycles. The summed E-state index contributed by atoms with van der Waals surface area (Å²) in [4.78, 5) is 0. The van der Waals surface area contributed by atoms with Crippen LogP contribution < -0.4 is 5.32 Å². The Morgan fingerprint density at radius 1 is 1.20 bits per heavy atom. The number of unbranched alkanes of at least 4 members (excludes halogenated alkanes) is 2. The topological polar surface area (TPSA) is 12.0 Å². The molecule has 15 heavy (non-hydrogen) atoms. The van der Waals surface area contributed by atoms with E-state index in [4.69, 9.17) is 0 Å². The van der Waals surface area contributed by atoms with Crippen LogP contribution in [0, 0.1) is 0 Å². The van der Waals surface area contributed by atoms with E-state index < -0.39 is 0 Å². The first-order valence-corrected chi connectivity index (χ1v) is 6.50. The van der Waals surface area contributed by atoms with Gasteiger partial charge in [-0.3, -0.25) is 0 Å². The molecule has 0 bridgehead atoms. The maximum Gasteiger partial charge on any atom is 0.0317 e. The van der Waals surface area contributed by atoms with Gasteiger partial charge in [0.15, 0.2) is 0 Å². The zero-order valence-electron chi connectivity index (χ0n) is 9.59. The lowest BCUT2D eigenvalue weighted by molar-refractivity contribution is 0.512. The van der Waals surface area contributed by atoms with Gasteiger partial charge < -0.3 is 5.32 Å². The van der Waals surface area contributed by atoms with Crippen LogP contribution >= 0.6 is 15.9 Å². The molecule has 1 aromatic carbocycles. The first-order valence-electron chi connectivity index (χ1n) is 5.70. The van der Waals surface area contributed by atoms with Crippen molar-refractivity contribution in [1.82, 2.24) is 5.32 Å². The molecule has 0 aliphatic rings. The number of hydrogen-bond donors (Lipinski definition) is 1. The average Bonchev–Trinajstić information content (AvgIpc) is 2.26. The maximum atomic E-state index is 3.46. The van der Waals surface area contributed by atoms with Crippen LogP contribution in [-0.4, -0.2) is 7.05 Å². The Morgan fingerprint density at radius 2 is 1.87 bits per heavy atom. The van der Waals surface area contributed by atoms with Gasteiger partial charge in [0.05, 0.1) is 0 Å². The minimum atomic E-state index is 0.504. The highest BCUT2D eigenvalue weighted by Crippen LogP contribution is 2.21. The van der Waals surface area contributed by atoms with Crippen LogP contribution in [0.3, 0.4) is 0 Å². The molecule has 0 amide bonds. The van der Waals surface area contributed by atoms with Gasteiger partial charge in [0.2, 0.25) is 0 Å². The molecular weight excluding hydrogens is 250 g/mol. The van der Waals surface area contributed by atoms with Crippen LogP contribution in [0.5, 0.6) is 0 Å². The van der Waals surface area contributed by atoms with Crippen molar-refractivity contribution in [1.29, 1.82) is 0 Å². The second-order valence-corrected chi connectivity index (χ2v) is 4.80. The van der Waals surface area contributed by atoms with Crippen molar-refractivity contribution in [3.63, 3.8) is 0 Å². The Kier molecular flexibility index (Phi) is 5.96. The number of nitrogens with one attached hydrogen (secondary N) is 1. The van der Waals surface area contributed by atoms with Gasteiger partial charge in [-0.15, -0.1) is 0 Å². The summed E-state index contributed by atoms with van der Waals surface area (Å²) in [5.41, 5.74) is 1.39. The molecule has 0 heterocycles. The van der Waals surface area contributed by atoms with Crippen molar-refractivity contribution in [2.45, 2.75) is 38.6 Å². The first-order chi connectivity index (χ1) is 7.27. The van der Waals surface area contributed by atoms with Crippen LogP contribution in [0.1, 0.15) is 44.2 Å². The molecule has 0 fully saturated rings. The van der Waals surface area contributed by atoms with E-state index in [-0.39, 0.29) is 0 Å². The zero-order valence-corrected chi connectivity index (χ0v) is 11.2. The zero-order chi connectivity index (χ0) is 11.1. The Morgan fingerprint density at radius 3 is 2.40 bits per heavy atom. The maximum absolute atomic E-state index is 3.46. The van der Waals surface area contributed by atoms with E-state index in [1.807, 2.05) is 7.05 Å². The van der Waals surface area contributed by atoms with Gasteiger partial charge in [-0.25, -0.2) is 0 Å². The quantitative estimate of drug-likeness (QED) is 0.760. The highest BCUT2D eigenvalue weighted by molar-refractivity contribution is 9.10. The lowest BCUT2D eigenvalue weighted by Gasteiger charge is -2.16. The van der Waals surface area contributed by atoms with Gasteiger partial charge in [-0.1, -0.05) is 54.2 Å². The highest BCUT2D eigenvalue weighted by atomic mass is 79.9. The summed E-state index contributed by atoms with van der Waals surface area (Å²) in [5, 5.41) is 3.38. The van der Waals surface area contributed by atoms with Crippen molar-refractivity contribution in [2.24, 2.45) is 0 Å². The number of benzene rings is 1. The van der Waals surface area contributed by atoms with Crippen LogP contribution in [0.4, 0.5) is 0 Å². The van der Waals surface area contributed by atoms with E-state index in [1.54, 1.807) is 0 Å². The van der Waals surface area contributed by atoms with Gasteiger partial charge >= 0.3 is 0 Å². The summed E-state index contributed by atoms with van der Waals surface area (Å²) in [7, 11) is 2.04. The molecule has 0 aliphatic carbocycles. The molecule has 1 aromatic rings. The second kappa shape index (κ2) is 7.02. The summed E-state index contributed by atoms with van der Waals surface area (Å²) in [5.74, 6) is 0. The molecule has 0 aliphatic heterocycles. The van der Waals surface area contributed by atoms with Gasteiger partial charge in [-0.2, -0.15) is 0 Å². The van der Waals surface area contributed by atoms with Crippen molar-refractivity contribution in [3.8, 4) is 0 Å². The molecule has 0 spiro atoms. The predicted octanol–water partition coefficient (Wildman–Crippen LogP) is 4.29. The van der Waals surface area contributed by atoms with E-state index in [1.165, 1.54) is 31.2 Å². The Balaban J connectivity index is 2.53. The van der Waals surface area contributed by atoms with E-state index in [2.05, 4.69) is 52.4 Å². The van der Waals surface area contributed by atoms with Crippen LogP contribution in [0.25, 0.3) is 0 Å². The standard InChI is InChI=1S/C13H20BrN/c1-3-4-5-6-13(15-2)11-7-9-12(14)10-8-11/h7-10,13,15H,3-6H2,1-2H3. The molecule has 0 aromatic heterocycles. The molecule has 1 unspecified atom stereocenters. The molecule has 1 rings (SSSR count). The summed E-state index contributed by atoms with van der Waals surface area (Å²) < 4.78 is 1.15. The minimum Gasteiger partial charge on any atom is -0.313 e. The van der Waals surface area contributed by atoms with Crippen LogP contribution in [-0.2, 0) is 0 Å². The minimum absolute atomic E-state index is 0.504. The third-order valence-electron chi connectivity index (χ3n) is 2.72. The number of rotatable bonds is 6. The van der Waals surface area contributed by atoms with Crippen molar-refractivity contribution >= 4 is 15.9 Å². The lowest BCUT2D eigenvalue weighted by Crippen LogP contribution is -2.16. The predicted molar refractivity (Wildman–Crippen MR) is 70.1 cm³/mol. The third-order valence-corrected chi connectivity index (χ3v) is 3.25. The highest BCUT2D eigenvalue weighted by Gasteiger charge is 2.07. The molecule has 1 atom stereocenters. The number of hydrogen-bond acceptors (Lipinski definition) is 1. The molecule has 2 heteroatoms. The fourth-order valence-corrected chi connectivity index (χ4v) is 2.04. The molecular formula is C13H20BrN. The van der Waals surface area contributed by atoms with E-state index in [0.29, 0.717) is 6.04 Å². The first kappa shape index (κ1) is 12.7. The van der Waals surface area contributed by atoms with Gasteiger partial charge in [-0.05, 0) is 31.2 Å². The number of halogens is 1. The van der Waals surface area contributed by atoms with Gasteiger partial charge in [0, 0.05) is 10.5 Å². The van der Waals surface area contributed by atoms with Crippen molar-refractivity contribution in [3.05, 3.63) is 34.3 Å². The van der Waals surface area contributed by atoms with E-state index in [0.717, 1.165) is 4.47 Å². The normalized spacial score (nSPS) is 12.7. The summed E-state index contributed by atoms with van der Waals surface area (Å²) in [6, 6.07) is 9.11. The monoisotopic (exact) mass is 269 g/mol. The van der Waals surface area contributed by atoms with E-state index >= 15 is 0 Å². The van der Waals surface area contributed by atoms with Gasteiger partial charge in [0.1, 0.15) is 0 Å². The molecule has 0 radical (unpaired) electrons. The fourth-order valence-electron chi connectivity index (χ4n) is 1.77. The lowest BCUT2D eigenvalue weighted by atomic mass is 10.0. The van der Waals surface area contributed by atoms with Crippen LogP contribution in [0.15, 0.2) is 28.7 Å². The summed E-state index contributed by atoms with van der Waals surface area (Å²) in [6.07, 6.45) is 5.15. The SMILES string of the molecule is CCCCCC(NC)c1ccc(Br)cc1. The third kappa shape index (κ3) is 4.35. The van der Waals surface area contributed by atoms with E-state index in [9.17, 15) is 0 Å². The average molecular weight is 270 g/mol. The molecule has 1 nitrogen and oxygen atoms in total. The molecule has 1 N–H and O–H groups in total. The second-order valence-electron chi connectivity index (χ2n) is 3.89. The summed E-state index contributed by atoms with van der Waals surface area (Å²) in [6.45, 7) is 2.24. The molecule has 84 valence electrons. The largest absolute Gasteiger partial charge is 0.313 e. The van der Waals surface area contributed by atoms with Gasteiger partial charge in [0.25, 0.3) is 0 Å². The Bertz CT molecular complexity index is 268. The van der Waals surface area contributed by atoms with Crippen molar-refractivity contribution in [2.75, 3.05) is 7.05 Å². The van der Waals surface area contributed by atoms with Crippen molar-refractivity contribution < 1.29 is 0 Å². The summed E-state index contributed by atoms with van der Waals surface area (Å²) >= 11 is 3.46. The molecule has 0 saturated heterocycles. The Labute approximate surface area is 101 Å².